The largest absolute Gasteiger partial charge is 0.376 e. The number of hydrogen-bond acceptors (Lipinski definition) is 7. The molecule has 2 aromatic rings. The Labute approximate surface area is 156 Å². The molecule has 3 rings (SSSR count). The standard InChI is InChI=1S/C17H22N4O2S2/c1-21(11-13-6-3-2-4-7-13)15(22)12-24-17-20-19-16(25-17)18-10-14-8-5-9-23-14/h2-4,6-7,14H,5,8-12H2,1H3,(H,18,19). The molecule has 1 aromatic carbocycles. The minimum absolute atomic E-state index is 0.0814. The minimum atomic E-state index is 0.0814. The Hall–Kier alpha value is -1.64. The third kappa shape index (κ3) is 5.69. The molecule has 134 valence electrons. The van der Waals surface area contributed by atoms with Crippen LogP contribution in [-0.2, 0) is 16.1 Å². The van der Waals surface area contributed by atoms with Crippen LogP contribution in [0.15, 0.2) is 34.7 Å². The molecule has 1 unspecified atom stereocenters. The zero-order valence-corrected chi connectivity index (χ0v) is 15.8. The molecule has 1 fully saturated rings. The molecule has 0 spiro atoms. The van der Waals surface area contributed by atoms with Crippen molar-refractivity contribution in [1.82, 2.24) is 15.1 Å². The Morgan fingerprint density at radius 3 is 3.00 bits per heavy atom. The quantitative estimate of drug-likeness (QED) is 0.713. The van der Waals surface area contributed by atoms with Crippen LogP contribution in [0, 0.1) is 0 Å². The second-order valence-corrected chi connectivity index (χ2v) is 8.11. The van der Waals surface area contributed by atoms with E-state index in [2.05, 4.69) is 15.5 Å². The van der Waals surface area contributed by atoms with Crippen LogP contribution in [0.2, 0.25) is 0 Å². The Morgan fingerprint density at radius 2 is 2.24 bits per heavy atom. The molecule has 2 heterocycles. The zero-order valence-electron chi connectivity index (χ0n) is 14.2. The molecular formula is C17H22N4O2S2. The SMILES string of the molecule is CN(Cc1ccccc1)C(=O)CSc1nnc(NCC2CCCO2)s1. The first-order valence-corrected chi connectivity index (χ1v) is 10.1. The van der Waals surface area contributed by atoms with Crippen LogP contribution in [0.25, 0.3) is 0 Å². The number of benzene rings is 1. The van der Waals surface area contributed by atoms with Gasteiger partial charge in [-0.05, 0) is 18.4 Å². The lowest BCUT2D eigenvalue weighted by Gasteiger charge is -2.16. The Morgan fingerprint density at radius 1 is 1.40 bits per heavy atom. The van der Waals surface area contributed by atoms with Crippen molar-refractivity contribution in [3.63, 3.8) is 0 Å². The predicted octanol–water partition coefficient (Wildman–Crippen LogP) is 2.88. The van der Waals surface area contributed by atoms with Gasteiger partial charge in [-0.1, -0.05) is 53.4 Å². The number of carbonyl (C=O) groups excluding carboxylic acids is 1. The van der Waals surface area contributed by atoms with Gasteiger partial charge in [0, 0.05) is 26.7 Å². The summed E-state index contributed by atoms with van der Waals surface area (Å²) >= 11 is 2.91. The lowest BCUT2D eigenvalue weighted by molar-refractivity contribution is -0.127. The normalized spacial score (nSPS) is 16.8. The smallest absolute Gasteiger partial charge is 0.233 e. The van der Waals surface area contributed by atoms with Gasteiger partial charge in [0.1, 0.15) is 0 Å². The fourth-order valence-electron chi connectivity index (χ4n) is 2.53. The maximum Gasteiger partial charge on any atom is 0.233 e. The van der Waals surface area contributed by atoms with Crippen molar-refractivity contribution in [1.29, 1.82) is 0 Å². The van der Waals surface area contributed by atoms with E-state index in [9.17, 15) is 4.79 Å². The van der Waals surface area contributed by atoms with Crippen LogP contribution in [0.4, 0.5) is 5.13 Å². The number of rotatable bonds is 8. The number of thioether (sulfide) groups is 1. The summed E-state index contributed by atoms with van der Waals surface area (Å²) in [6, 6.07) is 9.98. The summed E-state index contributed by atoms with van der Waals surface area (Å²) in [5.41, 5.74) is 1.12. The van der Waals surface area contributed by atoms with E-state index in [0.717, 1.165) is 41.0 Å². The highest BCUT2D eigenvalue weighted by molar-refractivity contribution is 8.01. The van der Waals surface area contributed by atoms with Gasteiger partial charge in [-0.15, -0.1) is 10.2 Å². The monoisotopic (exact) mass is 378 g/mol. The van der Waals surface area contributed by atoms with Crippen molar-refractivity contribution >= 4 is 34.1 Å². The molecule has 0 radical (unpaired) electrons. The minimum Gasteiger partial charge on any atom is -0.376 e. The summed E-state index contributed by atoms with van der Waals surface area (Å²) in [5.74, 6) is 0.446. The van der Waals surface area contributed by atoms with Crippen molar-refractivity contribution in [3.05, 3.63) is 35.9 Å². The summed E-state index contributed by atoms with van der Waals surface area (Å²) in [7, 11) is 1.82. The van der Waals surface area contributed by atoms with Gasteiger partial charge in [0.05, 0.1) is 11.9 Å². The van der Waals surface area contributed by atoms with E-state index >= 15 is 0 Å². The van der Waals surface area contributed by atoms with Crippen molar-refractivity contribution in [2.45, 2.75) is 29.8 Å². The van der Waals surface area contributed by atoms with Gasteiger partial charge >= 0.3 is 0 Å². The van der Waals surface area contributed by atoms with Crippen molar-refractivity contribution in [2.75, 3.05) is 31.3 Å². The van der Waals surface area contributed by atoms with E-state index in [1.165, 1.54) is 23.1 Å². The van der Waals surface area contributed by atoms with Crippen LogP contribution in [-0.4, -0.2) is 53.1 Å². The highest BCUT2D eigenvalue weighted by Crippen LogP contribution is 2.26. The van der Waals surface area contributed by atoms with Crippen LogP contribution in [0.1, 0.15) is 18.4 Å². The fraction of sp³-hybridized carbons (Fsp3) is 0.471. The lowest BCUT2D eigenvalue weighted by atomic mass is 10.2. The summed E-state index contributed by atoms with van der Waals surface area (Å²) < 4.78 is 6.38. The number of anilines is 1. The molecule has 1 N–H and O–H groups in total. The number of ether oxygens (including phenoxy) is 1. The first kappa shape index (κ1) is 18.2. The van der Waals surface area contributed by atoms with Gasteiger partial charge in [0.2, 0.25) is 11.0 Å². The van der Waals surface area contributed by atoms with E-state index in [1.54, 1.807) is 4.90 Å². The second-order valence-electron chi connectivity index (χ2n) is 5.91. The summed E-state index contributed by atoms with van der Waals surface area (Å²) in [6.07, 6.45) is 2.49. The van der Waals surface area contributed by atoms with Gasteiger partial charge in [0.25, 0.3) is 0 Å². The first-order valence-electron chi connectivity index (χ1n) is 8.30. The number of aromatic nitrogens is 2. The number of nitrogens with zero attached hydrogens (tertiary/aromatic N) is 3. The molecule has 0 aliphatic carbocycles. The molecule has 8 heteroatoms. The number of hydrogen-bond donors (Lipinski definition) is 1. The van der Waals surface area contributed by atoms with E-state index < -0.39 is 0 Å². The van der Waals surface area contributed by atoms with Gasteiger partial charge in [-0.3, -0.25) is 4.79 Å². The van der Waals surface area contributed by atoms with E-state index in [-0.39, 0.29) is 12.0 Å². The first-order chi connectivity index (χ1) is 12.2. The number of nitrogens with one attached hydrogen (secondary N) is 1. The number of amides is 1. The van der Waals surface area contributed by atoms with E-state index in [1.807, 2.05) is 37.4 Å². The molecular weight excluding hydrogens is 356 g/mol. The summed E-state index contributed by atoms with van der Waals surface area (Å²) in [6.45, 7) is 2.23. The van der Waals surface area contributed by atoms with E-state index in [4.69, 9.17) is 4.74 Å². The summed E-state index contributed by atoms with van der Waals surface area (Å²) in [4.78, 5) is 14.0. The van der Waals surface area contributed by atoms with Crippen LogP contribution in [0.5, 0.6) is 0 Å². The van der Waals surface area contributed by atoms with Crippen molar-refractivity contribution in [2.24, 2.45) is 0 Å². The highest BCUT2D eigenvalue weighted by atomic mass is 32.2. The molecule has 0 saturated carbocycles. The molecule has 1 atom stereocenters. The van der Waals surface area contributed by atoms with Crippen molar-refractivity contribution in [3.8, 4) is 0 Å². The molecule has 25 heavy (non-hydrogen) atoms. The van der Waals surface area contributed by atoms with E-state index in [0.29, 0.717) is 12.3 Å². The Bertz CT molecular complexity index is 674. The van der Waals surface area contributed by atoms with Gasteiger partial charge < -0.3 is 15.0 Å². The van der Waals surface area contributed by atoms with Crippen LogP contribution < -0.4 is 5.32 Å². The molecule has 1 saturated heterocycles. The maximum atomic E-state index is 12.3. The molecule has 6 nitrogen and oxygen atoms in total. The van der Waals surface area contributed by atoms with Crippen LogP contribution >= 0.6 is 23.1 Å². The second kappa shape index (κ2) is 9.17. The van der Waals surface area contributed by atoms with Gasteiger partial charge in [-0.2, -0.15) is 0 Å². The average Bonchev–Trinajstić information content (AvgIpc) is 3.30. The number of carbonyl (C=O) groups is 1. The molecule has 1 aromatic heterocycles. The highest BCUT2D eigenvalue weighted by Gasteiger charge is 2.16. The molecule has 1 aliphatic heterocycles. The lowest BCUT2D eigenvalue weighted by Crippen LogP contribution is -2.27. The van der Waals surface area contributed by atoms with Crippen molar-refractivity contribution < 1.29 is 9.53 Å². The molecule has 0 bridgehead atoms. The summed E-state index contributed by atoms with van der Waals surface area (Å²) in [5, 5.41) is 12.3. The third-order valence-corrected chi connectivity index (χ3v) is 5.92. The predicted molar refractivity (Wildman–Crippen MR) is 101 cm³/mol. The molecule has 1 aliphatic rings. The zero-order chi connectivity index (χ0) is 17.5. The van der Waals surface area contributed by atoms with Gasteiger partial charge in [-0.25, -0.2) is 0 Å². The third-order valence-electron chi connectivity index (χ3n) is 3.92. The fourth-order valence-corrected chi connectivity index (χ4v) is 4.22. The Balaban J connectivity index is 1.41. The maximum absolute atomic E-state index is 12.3. The van der Waals surface area contributed by atoms with Crippen LogP contribution in [0.3, 0.4) is 0 Å². The molecule has 1 amide bonds. The average molecular weight is 379 g/mol. The van der Waals surface area contributed by atoms with Gasteiger partial charge in [0.15, 0.2) is 4.34 Å². The Kier molecular flexibility index (Phi) is 6.66. The topological polar surface area (TPSA) is 67.4 Å².